The highest BCUT2D eigenvalue weighted by Gasteiger charge is 2.37. The lowest BCUT2D eigenvalue weighted by molar-refractivity contribution is -0.122. The fraction of sp³-hybridized carbons (Fsp3) is 0.0690. The predicted molar refractivity (Wildman–Crippen MR) is 136 cm³/mol. The van der Waals surface area contributed by atoms with E-state index in [9.17, 15) is 14.4 Å². The fourth-order valence-electron chi connectivity index (χ4n) is 4.38. The number of rotatable bonds is 5. The lowest BCUT2D eigenvalue weighted by Gasteiger charge is -2.26. The van der Waals surface area contributed by atoms with Gasteiger partial charge in [0.25, 0.3) is 11.8 Å². The smallest absolute Gasteiger partial charge is 0.335 e. The molecule has 1 fully saturated rings. The van der Waals surface area contributed by atoms with Gasteiger partial charge in [-0.3, -0.25) is 14.9 Å². The summed E-state index contributed by atoms with van der Waals surface area (Å²) in [6.45, 7) is 0.349. The Labute approximate surface area is 211 Å². The van der Waals surface area contributed by atoms with E-state index in [2.05, 4.69) is 5.32 Å². The van der Waals surface area contributed by atoms with Gasteiger partial charge in [0.15, 0.2) is 11.5 Å². The fourth-order valence-corrected chi connectivity index (χ4v) is 4.38. The number of anilines is 1. The lowest BCUT2D eigenvalue weighted by Crippen LogP contribution is -2.54. The van der Waals surface area contributed by atoms with Crippen LogP contribution >= 0.6 is 0 Å². The maximum absolute atomic E-state index is 13.4. The second kappa shape index (κ2) is 9.16. The molecule has 0 spiro atoms. The Balaban J connectivity index is 1.30. The van der Waals surface area contributed by atoms with Gasteiger partial charge in [0.2, 0.25) is 6.79 Å². The third kappa shape index (κ3) is 4.14. The van der Waals surface area contributed by atoms with Gasteiger partial charge in [0, 0.05) is 11.6 Å². The molecule has 2 aliphatic heterocycles. The van der Waals surface area contributed by atoms with Crippen LogP contribution < -0.4 is 24.4 Å². The van der Waals surface area contributed by atoms with Gasteiger partial charge in [0.05, 0.1) is 5.69 Å². The molecule has 0 bridgehead atoms. The van der Waals surface area contributed by atoms with E-state index in [0.29, 0.717) is 29.4 Å². The number of carbonyl (C=O) groups is 3. The van der Waals surface area contributed by atoms with E-state index >= 15 is 0 Å². The highest BCUT2D eigenvalue weighted by Crippen LogP contribution is 2.36. The summed E-state index contributed by atoms with van der Waals surface area (Å²) < 4.78 is 16.8. The standard InChI is InChI=1S/C29H20N2O6/c32-27-23(28(33)31(29(34)30-27)21-12-13-25-26(15-21)37-17-36-25)14-19-7-2-4-11-24(19)35-16-20-9-5-8-18-6-1-3-10-22(18)20/h1-15H,16-17H2,(H,30,32,34)/b23-14+. The molecule has 4 amide bonds. The van der Waals surface area contributed by atoms with Crippen LogP contribution in [0.3, 0.4) is 0 Å². The van der Waals surface area contributed by atoms with Crippen LogP contribution in [0.5, 0.6) is 17.2 Å². The Kier molecular flexibility index (Phi) is 5.54. The Hall–Kier alpha value is -5.11. The van der Waals surface area contributed by atoms with Crippen molar-refractivity contribution in [3.05, 3.63) is 102 Å². The van der Waals surface area contributed by atoms with Gasteiger partial charge >= 0.3 is 6.03 Å². The molecule has 8 nitrogen and oxygen atoms in total. The third-order valence-corrected chi connectivity index (χ3v) is 6.20. The number of barbiturate groups is 1. The first-order valence-electron chi connectivity index (χ1n) is 11.6. The van der Waals surface area contributed by atoms with E-state index in [4.69, 9.17) is 14.2 Å². The summed E-state index contributed by atoms with van der Waals surface area (Å²) in [7, 11) is 0. The van der Waals surface area contributed by atoms with Crippen molar-refractivity contribution in [2.45, 2.75) is 6.61 Å². The van der Waals surface area contributed by atoms with Crippen molar-refractivity contribution in [1.29, 1.82) is 0 Å². The number of benzene rings is 4. The van der Waals surface area contributed by atoms with Crippen LogP contribution in [0.15, 0.2) is 90.5 Å². The number of hydrogen-bond acceptors (Lipinski definition) is 6. The van der Waals surface area contributed by atoms with Gasteiger partial charge in [-0.05, 0) is 40.6 Å². The molecule has 4 aromatic carbocycles. The molecule has 37 heavy (non-hydrogen) atoms. The van der Waals surface area contributed by atoms with Crippen LogP contribution in [0, 0.1) is 0 Å². The quantitative estimate of drug-likeness (QED) is 0.317. The first-order valence-corrected chi connectivity index (χ1v) is 11.6. The van der Waals surface area contributed by atoms with Gasteiger partial charge in [0.1, 0.15) is 17.9 Å². The summed E-state index contributed by atoms with van der Waals surface area (Å²) in [6.07, 6.45) is 1.43. The van der Waals surface area contributed by atoms with Gasteiger partial charge in [-0.25, -0.2) is 9.69 Å². The normalized spacial score (nSPS) is 15.8. The van der Waals surface area contributed by atoms with Gasteiger partial charge < -0.3 is 14.2 Å². The second-order valence-corrected chi connectivity index (χ2v) is 8.46. The number of hydrogen-bond donors (Lipinski definition) is 1. The van der Waals surface area contributed by atoms with Crippen molar-refractivity contribution in [2.24, 2.45) is 0 Å². The zero-order valence-electron chi connectivity index (χ0n) is 19.5. The van der Waals surface area contributed by atoms with E-state index in [-0.39, 0.29) is 18.1 Å². The summed E-state index contributed by atoms with van der Waals surface area (Å²) in [4.78, 5) is 39.5. The number of imide groups is 2. The molecule has 0 aliphatic carbocycles. The third-order valence-electron chi connectivity index (χ3n) is 6.20. The van der Waals surface area contributed by atoms with Crippen molar-refractivity contribution >= 4 is 40.4 Å². The highest BCUT2D eigenvalue weighted by atomic mass is 16.7. The van der Waals surface area contributed by atoms with Crippen molar-refractivity contribution in [2.75, 3.05) is 11.7 Å². The first-order chi connectivity index (χ1) is 18.1. The van der Waals surface area contributed by atoms with Crippen molar-refractivity contribution in [3.63, 3.8) is 0 Å². The van der Waals surface area contributed by atoms with Crippen LogP contribution in [0.4, 0.5) is 10.5 Å². The number of amides is 4. The molecule has 1 N–H and O–H groups in total. The van der Waals surface area contributed by atoms with Crippen molar-refractivity contribution in [3.8, 4) is 17.2 Å². The zero-order chi connectivity index (χ0) is 25.4. The molecule has 0 unspecified atom stereocenters. The number of urea groups is 1. The van der Waals surface area contributed by atoms with Crippen LogP contribution in [-0.4, -0.2) is 24.6 Å². The summed E-state index contributed by atoms with van der Waals surface area (Å²) in [5.41, 5.74) is 1.59. The van der Waals surface area contributed by atoms with Crippen LogP contribution in [0.1, 0.15) is 11.1 Å². The highest BCUT2D eigenvalue weighted by molar-refractivity contribution is 6.39. The molecular formula is C29H20N2O6. The predicted octanol–water partition coefficient (Wildman–Crippen LogP) is 4.81. The number of para-hydroxylation sites is 1. The largest absolute Gasteiger partial charge is 0.488 e. The first kappa shape index (κ1) is 22.4. The second-order valence-electron chi connectivity index (χ2n) is 8.46. The minimum Gasteiger partial charge on any atom is -0.488 e. The van der Waals surface area contributed by atoms with Crippen LogP contribution in [0.25, 0.3) is 16.8 Å². The summed E-state index contributed by atoms with van der Waals surface area (Å²) in [5, 5.41) is 4.43. The minimum atomic E-state index is -0.841. The van der Waals surface area contributed by atoms with Crippen LogP contribution in [0.2, 0.25) is 0 Å². The van der Waals surface area contributed by atoms with Gasteiger partial charge in [-0.15, -0.1) is 0 Å². The summed E-state index contributed by atoms with van der Waals surface area (Å²) in [5.74, 6) is -0.118. The Bertz CT molecular complexity index is 1600. The Morgan fingerprint density at radius 2 is 1.65 bits per heavy atom. The number of nitrogens with one attached hydrogen (secondary N) is 1. The number of carbonyl (C=O) groups excluding carboxylic acids is 3. The topological polar surface area (TPSA) is 94.2 Å². The molecule has 2 aliphatic rings. The van der Waals surface area contributed by atoms with E-state index in [1.807, 2.05) is 48.5 Å². The zero-order valence-corrected chi connectivity index (χ0v) is 19.5. The summed E-state index contributed by atoms with van der Waals surface area (Å²) in [6, 6.07) is 25.0. The SMILES string of the molecule is O=C1NC(=O)N(c2ccc3c(c2)OCO3)C(=O)/C1=C/c1ccccc1OCc1cccc2ccccc12. The molecule has 0 saturated carbocycles. The molecule has 182 valence electrons. The molecule has 4 aromatic rings. The molecule has 0 atom stereocenters. The molecule has 0 radical (unpaired) electrons. The number of fused-ring (bicyclic) bond motifs is 2. The Morgan fingerprint density at radius 3 is 2.57 bits per heavy atom. The van der Waals surface area contributed by atoms with E-state index in [1.165, 1.54) is 12.1 Å². The van der Waals surface area contributed by atoms with E-state index in [1.54, 1.807) is 30.3 Å². The lowest BCUT2D eigenvalue weighted by atomic mass is 10.0. The molecule has 8 heteroatoms. The van der Waals surface area contributed by atoms with E-state index in [0.717, 1.165) is 21.2 Å². The molecule has 6 rings (SSSR count). The van der Waals surface area contributed by atoms with Gasteiger partial charge in [-0.2, -0.15) is 0 Å². The maximum atomic E-state index is 13.4. The van der Waals surface area contributed by atoms with Gasteiger partial charge in [-0.1, -0.05) is 60.7 Å². The average molecular weight is 492 g/mol. The minimum absolute atomic E-state index is 0.0537. The average Bonchev–Trinajstić information content (AvgIpc) is 3.38. The van der Waals surface area contributed by atoms with E-state index < -0.39 is 17.8 Å². The molecular weight excluding hydrogens is 472 g/mol. The maximum Gasteiger partial charge on any atom is 0.335 e. The van der Waals surface area contributed by atoms with Crippen molar-refractivity contribution in [1.82, 2.24) is 5.32 Å². The van der Waals surface area contributed by atoms with Crippen molar-refractivity contribution < 1.29 is 28.6 Å². The number of nitrogens with zero attached hydrogens (tertiary/aromatic N) is 1. The molecule has 0 aromatic heterocycles. The molecule has 1 saturated heterocycles. The Morgan fingerprint density at radius 1 is 0.865 bits per heavy atom. The summed E-state index contributed by atoms with van der Waals surface area (Å²) >= 11 is 0. The van der Waals surface area contributed by atoms with Crippen LogP contribution in [-0.2, 0) is 16.2 Å². The monoisotopic (exact) mass is 492 g/mol. The molecule has 2 heterocycles. The number of ether oxygens (including phenoxy) is 3.